The number of rotatable bonds is 7. The second-order valence-electron chi connectivity index (χ2n) is 7.28. The number of anilines is 3. The Hall–Kier alpha value is -4.39. The maximum atomic E-state index is 12.7. The Labute approximate surface area is 192 Å². The molecule has 0 aliphatic heterocycles. The fourth-order valence-electron chi connectivity index (χ4n) is 3.39. The number of nitrogens with one attached hydrogen (secondary N) is 2. The lowest BCUT2D eigenvalue weighted by Crippen LogP contribution is -2.12. The van der Waals surface area contributed by atoms with Gasteiger partial charge in [0.2, 0.25) is 0 Å². The number of methoxy groups -OCH3 is 2. The van der Waals surface area contributed by atoms with Crippen LogP contribution in [0.15, 0.2) is 78.9 Å². The minimum absolute atomic E-state index is 0.252. The Morgan fingerprint density at radius 3 is 2.30 bits per heavy atom. The highest BCUT2D eigenvalue weighted by Crippen LogP contribution is 2.28. The van der Waals surface area contributed by atoms with E-state index in [0.717, 1.165) is 16.9 Å². The number of hydrogen-bond donors (Lipinski definition) is 2. The van der Waals surface area contributed by atoms with Crippen molar-refractivity contribution in [3.63, 3.8) is 0 Å². The van der Waals surface area contributed by atoms with E-state index in [9.17, 15) is 4.79 Å². The standard InChI is InChI=1S/C26H24N4O3/c1-17-27-22(18-8-5-4-6-9-18)16-25(28-17)29-20-10-7-11-21(15-20)30-26(31)19-12-13-23(32-2)24(14-19)33-3/h4-16H,1-3H3,(H,30,31)(H,27,28,29). The molecule has 0 unspecified atom stereocenters. The molecule has 0 spiro atoms. The van der Waals surface area contributed by atoms with Crippen LogP contribution < -0.4 is 20.1 Å². The first kappa shape index (κ1) is 21.8. The van der Waals surface area contributed by atoms with Crippen molar-refractivity contribution in [1.82, 2.24) is 9.97 Å². The molecule has 0 saturated carbocycles. The van der Waals surface area contributed by atoms with Gasteiger partial charge in [-0.25, -0.2) is 9.97 Å². The SMILES string of the molecule is COc1ccc(C(=O)Nc2cccc(Nc3cc(-c4ccccc4)nc(C)n3)c2)cc1OC. The van der Waals surface area contributed by atoms with E-state index in [4.69, 9.17) is 9.47 Å². The summed E-state index contributed by atoms with van der Waals surface area (Å²) in [6, 6.07) is 24.3. The van der Waals surface area contributed by atoms with E-state index in [1.807, 2.05) is 67.6 Å². The van der Waals surface area contributed by atoms with Gasteiger partial charge in [0.1, 0.15) is 11.6 Å². The summed E-state index contributed by atoms with van der Waals surface area (Å²) in [6.45, 7) is 1.86. The van der Waals surface area contributed by atoms with Gasteiger partial charge in [-0.3, -0.25) is 4.79 Å². The van der Waals surface area contributed by atoms with Crippen molar-refractivity contribution in [1.29, 1.82) is 0 Å². The van der Waals surface area contributed by atoms with E-state index in [-0.39, 0.29) is 5.91 Å². The van der Waals surface area contributed by atoms with Crippen LogP contribution in [0.2, 0.25) is 0 Å². The molecule has 1 amide bonds. The third-order valence-electron chi connectivity index (χ3n) is 4.95. The molecule has 0 fully saturated rings. The molecule has 7 nitrogen and oxygen atoms in total. The van der Waals surface area contributed by atoms with E-state index in [1.54, 1.807) is 25.3 Å². The first-order valence-corrected chi connectivity index (χ1v) is 10.4. The summed E-state index contributed by atoms with van der Waals surface area (Å²) in [7, 11) is 3.09. The number of carbonyl (C=O) groups excluding carboxylic acids is 1. The molecule has 166 valence electrons. The van der Waals surface area contributed by atoms with Gasteiger partial charge in [-0.1, -0.05) is 36.4 Å². The summed E-state index contributed by atoms with van der Waals surface area (Å²) >= 11 is 0. The van der Waals surface area contributed by atoms with E-state index in [0.29, 0.717) is 34.4 Å². The van der Waals surface area contributed by atoms with Gasteiger partial charge in [-0.15, -0.1) is 0 Å². The van der Waals surface area contributed by atoms with Gasteiger partial charge in [-0.2, -0.15) is 0 Å². The largest absolute Gasteiger partial charge is 0.493 e. The van der Waals surface area contributed by atoms with Crippen LogP contribution >= 0.6 is 0 Å². The maximum Gasteiger partial charge on any atom is 0.255 e. The van der Waals surface area contributed by atoms with E-state index in [2.05, 4.69) is 20.6 Å². The van der Waals surface area contributed by atoms with Crippen molar-refractivity contribution in [3.05, 3.63) is 90.3 Å². The van der Waals surface area contributed by atoms with Crippen LogP contribution in [0.4, 0.5) is 17.2 Å². The molecule has 4 aromatic rings. The predicted molar refractivity (Wildman–Crippen MR) is 129 cm³/mol. The van der Waals surface area contributed by atoms with Gasteiger partial charge in [0, 0.05) is 28.6 Å². The first-order valence-electron chi connectivity index (χ1n) is 10.4. The fourth-order valence-corrected chi connectivity index (χ4v) is 3.39. The van der Waals surface area contributed by atoms with Crippen LogP contribution in [0.5, 0.6) is 11.5 Å². The smallest absolute Gasteiger partial charge is 0.255 e. The second-order valence-corrected chi connectivity index (χ2v) is 7.28. The average Bonchev–Trinajstić information content (AvgIpc) is 2.84. The number of aromatic nitrogens is 2. The Morgan fingerprint density at radius 1 is 0.788 bits per heavy atom. The lowest BCUT2D eigenvalue weighted by molar-refractivity contribution is 0.102. The van der Waals surface area contributed by atoms with Crippen LogP contribution in [0.1, 0.15) is 16.2 Å². The molecule has 1 aromatic heterocycles. The molecule has 0 radical (unpaired) electrons. The molecule has 4 rings (SSSR count). The van der Waals surface area contributed by atoms with Gasteiger partial charge >= 0.3 is 0 Å². The van der Waals surface area contributed by atoms with Gasteiger partial charge in [0.15, 0.2) is 11.5 Å². The Morgan fingerprint density at radius 2 is 1.55 bits per heavy atom. The number of benzene rings is 3. The molecule has 1 heterocycles. The van der Waals surface area contributed by atoms with Crippen molar-refractivity contribution >= 4 is 23.1 Å². The lowest BCUT2D eigenvalue weighted by atomic mass is 10.1. The predicted octanol–water partition coefficient (Wildman–Crippen LogP) is 5.47. The Bertz CT molecular complexity index is 1280. The van der Waals surface area contributed by atoms with E-state index >= 15 is 0 Å². The molecule has 2 N–H and O–H groups in total. The number of carbonyl (C=O) groups is 1. The normalized spacial score (nSPS) is 10.4. The van der Waals surface area contributed by atoms with Gasteiger partial charge in [-0.05, 0) is 43.3 Å². The summed E-state index contributed by atoms with van der Waals surface area (Å²) in [5.41, 5.74) is 3.75. The van der Waals surface area contributed by atoms with Crippen molar-refractivity contribution < 1.29 is 14.3 Å². The number of aryl methyl sites for hydroxylation is 1. The van der Waals surface area contributed by atoms with E-state index in [1.165, 1.54) is 7.11 Å². The van der Waals surface area contributed by atoms with Crippen LogP contribution in [0, 0.1) is 6.92 Å². The zero-order chi connectivity index (χ0) is 23.2. The highest BCUT2D eigenvalue weighted by atomic mass is 16.5. The number of amides is 1. The Balaban J connectivity index is 1.52. The third-order valence-corrected chi connectivity index (χ3v) is 4.95. The average molecular weight is 441 g/mol. The van der Waals surface area contributed by atoms with Crippen molar-refractivity contribution in [3.8, 4) is 22.8 Å². The van der Waals surface area contributed by atoms with Crippen molar-refractivity contribution in [2.24, 2.45) is 0 Å². The number of nitrogens with zero attached hydrogens (tertiary/aromatic N) is 2. The van der Waals surface area contributed by atoms with Gasteiger partial charge < -0.3 is 20.1 Å². The molecule has 33 heavy (non-hydrogen) atoms. The van der Waals surface area contributed by atoms with Crippen LogP contribution in [0.25, 0.3) is 11.3 Å². The zero-order valence-corrected chi connectivity index (χ0v) is 18.6. The van der Waals surface area contributed by atoms with E-state index < -0.39 is 0 Å². The molecule has 0 bridgehead atoms. The summed E-state index contributed by atoms with van der Waals surface area (Å²) in [5.74, 6) is 2.14. The lowest BCUT2D eigenvalue weighted by Gasteiger charge is -2.12. The fraction of sp³-hybridized carbons (Fsp3) is 0.115. The summed E-state index contributed by atoms with van der Waals surface area (Å²) in [5, 5.41) is 6.22. The number of ether oxygens (including phenoxy) is 2. The Kier molecular flexibility index (Phi) is 6.50. The van der Waals surface area contributed by atoms with Crippen LogP contribution in [-0.4, -0.2) is 30.1 Å². The highest BCUT2D eigenvalue weighted by Gasteiger charge is 2.12. The molecular formula is C26H24N4O3. The van der Waals surface area contributed by atoms with Gasteiger partial charge in [0.25, 0.3) is 5.91 Å². The molecule has 0 aliphatic rings. The molecule has 0 saturated heterocycles. The summed E-state index contributed by atoms with van der Waals surface area (Å²) in [4.78, 5) is 21.8. The van der Waals surface area contributed by atoms with Crippen LogP contribution in [0.3, 0.4) is 0 Å². The van der Waals surface area contributed by atoms with Crippen LogP contribution in [-0.2, 0) is 0 Å². The molecular weight excluding hydrogens is 416 g/mol. The third kappa shape index (κ3) is 5.27. The first-order chi connectivity index (χ1) is 16.1. The monoisotopic (exact) mass is 440 g/mol. The maximum absolute atomic E-state index is 12.7. The zero-order valence-electron chi connectivity index (χ0n) is 18.6. The highest BCUT2D eigenvalue weighted by molar-refractivity contribution is 6.04. The molecule has 0 aliphatic carbocycles. The minimum Gasteiger partial charge on any atom is -0.493 e. The minimum atomic E-state index is -0.252. The number of hydrogen-bond acceptors (Lipinski definition) is 6. The van der Waals surface area contributed by atoms with Crippen molar-refractivity contribution in [2.75, 3.05) is 24.9 Å². The van der Waals surface area contributed by atoms with Gasteiger partial charge in [0.05, 0.1) is 19.9 Å². The molecule has 0 atom stereocenters. The molecule has 7 heteroatoms. The van der Waals surface area contributed by atoms with Crippen molar-refractivity contribution in [2.45, 2.75) is 6.92 Å². The summed E-state index contributed by atoms with van der Waals surface area (Å²) < 4.78 is 10.5. The molecule has 3 aromatic carbocycles. The summed E-state index contributed by atoms with van der Waals surface area (Å²) in [6.07, 6.45) is 0. The second kappa shape index (κ2) is 9.82. The topological polar surface area (TPSA) is 85.4 Å². The quantitative estimate of drug-likeness (QED) is 0.397.